The highest BCUT2D eigenvalue weighted by atomic mass is 35.5. The van der Waals surface area contributed by atoms with Crippen molar-refractivity contribution in [1.29, 1.82) is 0 Å². The molecule has 212 valence electrons. The lowest BCUT2D eigenvalue weighted by atomic mass is 9.98. The summed E-state index contributed by atoms with van der Waals surface area (Å²) in [5, 5.41) is 4.52. The topological polar surface area (TPSA) is 86.2 Å². The van der Waals surface area contributed by atoms with E-state index in [0.717, 1.165) is 40.6 Å². The first-order chi connectivity index (χ1) is 19.7. The third-order valence-electron chi connectivity index (χ3n) is 7.09. The Balaban J connectivity index is 1.17. The molecule has 9 nitrogen and oxygen atoms in total. The first-order valence-corrected chi connectivity index (χ1v) is 14.4. The molecule has 4 heterocycles. The van der Waals surface area contributed by atoms with E-state index in [4.69, 9.17) is 37.9 Å². The molecule has 0 spiro atoms. The van der Waals surface area contributed by atoms with Crippen molar-refractivity contribution in [3.05, 3.63) is 69.8 Å². The van der Waals surface area contributed by atoms with Crippen molar-refractivity contribution >= 4 is 69.9 Å². The van der Waals surface area contributed by atoms with E-state index in [9.17, 15) is 4.79 Å². The molecule has 41 heavy (non-hydrogen) atoms. The summed E-state index contributed by atoms with van der Waals surface area (Å²) in [7, 11) is 0. The van der Waals surface area contributed by atoms with Crippen LogP contribution in [0.2, 0.25) is 10.0 Å². The number of nitrogens with zero attached hydrogens (tertiary/aromatic N) is 6. The molecule has 1 aromatic heterocycles. The average molecular weight is 593 g/mol. The van der Waals surface area contributed by atoms with Crippen LogP contribution in [0.25, 0.3) is 11.6 Å². The predicted octanol–water partition coefficient (Wildman–Crippen LogP) is 6.36. The summed E-state index contributed by atoms with van der Waals surface area (Å²) in [4.78, 5) is 32.6. The van der Waals surface area contributed by atoms with Gasteiger partial charge in [0.05, 0.1) is 17.3 Å². The van der Waals surface area contributed by atoms with E-state index in [0.29, 0.717) is 54.4 Å². The average Bonchev–Trinajstić information content (AvgIpc) is 3.44. The summed E-state index contributed by atoms with van der Waals surface area (Å²) in [6.45, 7) is 9.61. The zero-order valence-electron chi connectivity index (χ0n) is 23.2. The second kappa shape index (κ2) is 10.9. The molecule has 0 bridgehead atoms. The molecule has 6 rings (SSSR count). The molecule has 3 aliphatic heterocycles. The van der Waals surface area contributed by atoms with Crippen LogP contribution >= 0.6 is 23.2 Å². The van der Waals surface area contributed by atoms with Gasteiger partial charge >= 0.3 is 6.09 Å². The number of aromatic nitrogens is 2. The highest BCUT2D eigenvalue weighted by molar-refractivity contribution is 6.40. The van der Waals surface area contributed by atoms with E-state index >= 15 is 0 Å². The number of hydrogen-bond donors (Lipinski definition) is 1. The molecule has 0 radical (unpaired) electrons. The summed E-state index contributed by atoms with van der Waals surface area (Å²) >= 11 is 13.2. The molecule has 1 amide bonds. The third-order valence-corrected chi connectivity index (χ3v) is 7.74. The molecule has 3 aliphatic rings. The lowest BCUT2D eigenvalue weighted by Crippen LogP contribution is -2.50. The number of nitrogens with one attached hydrogen (secondary N) is 1. The summed E-state index contributed by atoms with van der Waals surface area (Å²) in [5.74, 6) is 2.11. The number of piperazine rings is 1. The number of fused-ring (bicyclic) bond motifs is 3. The zero-order valence-corrected chi connectivity index (χ0v) is 24.7. The standard InChI is InChI=1S/C30H31Cl2N7O2/c1-30(2,3)41-29(40)38-14-12-37(13-15-38)20-8-9-25(24(32)17-20)35-28-34-18-19-16-22(21-6-4-5-7-23(21)31)27-33-10-11-39(27)26(19)36-28/h4-9,16-18H,10-15H2,1-3H3,(H,34,35,36). The molecular weight excluding hydrogens is 561 g/mol. The lowest BCUT2D eigenvalue weighted by Gasteiger charge is -2.36. The van der Waals surface area contributed by atoms with E-state index in [1.54, 1.807) is 4.90 Å². The van der Waals surface area contributed by atoms with Crippen LogP contribution in [-0.2, 0) is 4.74 Å². The first kappa shape index (κ1) is 27.4. The number of carbonyl (C=O) groups excluding carboxylic acids is 1. The van der Waals surface area contributed by atoms with E-state index in [1.165, 1.54) is 0 Å². The van der Waals surface area contributed by atoms with Crippen LogP contribution in [0.15, 0.2) is 53.7 Å². The molecular formula is C30H31Cl2N7O2. The third kappa shape index (κ3) is 5.69. The number of carbonyl (C=O) groups is 1. The Morgan fingerprint density at radius 2 is 1.78 bits per heavy atom. The number of hydrogen-bond acceptors (Lipinski definition) is 8. The van der Waals surface area contributed by atoms with Gasteiger partial charge in [0.15, 0.2) is 0 Å². The van der Waals surface area contributed by atoms with Gasteiger partial charge in [0.2, 0.25) is 5.95 Å². The summed E-state index contributed by atoms with van der Waals surface area (Å²) in [6, 6.07) is 13.6. The summed E-state index contributed by atoms with van der Waals surface area (Å²) in [6.07, 6.45) is 3.58. The first-order valence-electron chi connectivity index (χ1n) is 13.6. The Labute approximate surface area is 249 Å². The Hall–Kier alpha value is -3.82. The van der Waals surface area contributed by atoms with Gasteiger partial charge < -0.3 is 24.8 Å². The summed E-state index contributed by atoms with van der Waals surface area (Å²) in [5.41, 5.74) is 4.00. The minimum absolute atomic E-state index is 0.275. The van der Waals surface area contributed by atoms with Gasteiger partial charge in [0, 0.05) is 66.3 Å². The van der Waals surface area contributed by atoms with Crippen molar-refractivity contribution in [1.82, 2.24) is 14.9 Å². The smallest absolute Gasteiger partial charge is 0.410 e. The van der Waals surface area contributed by atoms with Crippen LogP contribution in [0.5, 0.6) is 0 Å². The van der Waals surface area contributed by atoms with Gasteiger partial charge in [0.1, 0.15) is 17.3 Å². The fraction of sp³-hybridized carbons (Fsp3) is 0.333. The van der Waals surface area contributed by atoms with Crippen molar-refractivity contribution in [2.24, 2.45) is 4.99 Å². The van der Waals surface area contributed by atoms with E-state index in [-0.39, 0.29) is 6.09 Å². The monoisotopic (exact) mass is 591 g/mol. The SMILES string of the molecule is CC(C)(C)OC(=O)N1CCN(c2ccc(Nc3ncc4c(n3)N3CCN=C3C(c3ccccc3Cl)=C4)c(Cl)c2)CC1. The molecule has 0 atom stereocenters. The fourth-order valence-electron chi connectivity index (χ4n) is 5.14. The lowest BCUT2D eigenvalue weighted by molar-refractivity contribution is 0.0240. The van der Waals surface area contributed by atoms with Gasteiger partial charge in [-0.25, -0.2) is 9.78 Å². The van der Waals surface area contributed by atoms with Crippen molar-refractivity contribution in [3.8, 4) is 0 Å². The number of aliphatic imine (C=N–C) groups is 1. The second-order valence-electron chi connectivity index (χ2n) is 11.1. The van der Waals surface area contributed by atoms with E-state index < -0.39 is 5.60 Å². The number of benzene rings is 2. The maximum absolute atomic E-state index is 12.4. The zero-order chi connectivity index (χ0) is 28.7. The van der Waals surface area contributed by atoms with Crippen molar-refractivity contribution in [3.63, 3.8) is 0 Å². The van der Waals surface area contributed by atoms with Crippen LogP contribution in [0.1, 0.15) is 31.9 Å². The molecule has 3 aromatic rings. The number of rotatable bonds is 4. The minimum Gasteiger partial charge on any atom is -0.444 e. The van der Waals surface area contributed by atoms with Gasteiger partial charge in [-0.05, 0) is 51.1 Å². The normalized spacial score (nSPS) is 16.6. The number of anilines is 4. The van der Waals surface area contributed by atoms with E-state index in [1.807, 2.05) is 75.5 Å². The Kier molecular flexibility index (Phi) is 7.25. The number of halogens is 2. The summed E-state index contributed by atoms with van der Waals surface area (Å²) < 4.78 is 5.51. The van der Waals surface area contributed by atoms with Crippen LogP contribution in [0, 0.1) is 0 Å². The molecule has 1 N–H and O–H groups in total. The molecule has 2 aromatic carbocycles. The molecule has 0 unspecified atom stereocenters. The van der Waals surface area contributed by atoms with Crippen molar-refractivity contribution in [2.75, 3.05) is 54.4 Å². The van der Waals surface area contributed by atoms with Crippen molar-refractivity contribution < 1.29 is 9.53 Å². The molecule has 1 saturated heterocycles. The van der Waals surface area contributed by atoms with Gasteiger partial charge in [-0.15, -0.1) is 0 Å². The molecule has 0 aliphatic carbocycles. The van der Waals surface area contributed by atoms with Crippen molar-refractivity contribution in [2.45, 2.75) is 26.4 Å². The highest BCUT2D eigenvalue weighted by Crippen LogP contribution is 2.38. The van der Waals surface area contributed by atoms with Crippen LogP contribution in [-0.4, -0.2) is 71.7 Å². The number of ether oxygens (including phenoxy) is 1. The maximum Gasteiger partial charge on any atom is 0.410 e. The number of amides is 1. The van der Waals surface area contributed by atoms with Gasteiger partial charge in [0.25, 0.3) is 0 Å². The van der Waals surface area contributed by atoms with Crippen LogP contribution < -0.4 is 15.1 Å². The van der Waals surface area contributed by atoms with Gasteiger partial charge in [-0.1, -0.05) is 41.4 Å². The van der Waals surface area contributed by atoms with Crippen LogP contribution in [0.4, 0.5) is 27.9 Å². The van der Waals surface area contributed by atoms with Gasteiger partial charge in [-0.2, -0.15) is 4.98 Å². The molecule has 0 saturated carbocycles. The molecule has 1 fully saturated rings. The second-order valence-corrected chi connectivity index (χ2v) is 11.9. The predicted molar refractivity (Wildman–Crippen MR) is 166 cm³/mol. The molecule has 11 heteroatoms. The Bertz CT molecular complexity index is 1560. The largest absolute Gasteiger partial charge is 0.444 e. The van der Waals surface area contributed by atoms with Crippen LogP contribution in [0.3, 0.4) is 0 Å². The van der Waals surface area contributed by atoms with E-state index in [2.05, 4.69) is 20.1 Å². The van der Waals surface area contributed by atoms with Gasteiger partial charge in [-0.3, -0.25) is 4.99 Å². The Morgan fingerprint density at radius 3 is 2.51 bits per heavy atom. The number of amidine groups is 1. The quantitative estimate of drug-likeness (QED) is 0.378. The highest BCUT2D eigenvalue weighted by Gasteiger charge is 2.31. The fourth-order valence-corrected chi connectivity index (χ4v) is 5.60. The maximum atomic E-state index is 12.4. The Morgan fingerprint density at radius 1 is 1.00 bits per heavy atom. The minimum atomic E-state index is -0.507.